The third-order valence-corrected chi connectivity index (χ3v) is 3.57. The van der Waals surface area contributed by atoms with Crippen LogP contribution in [-0.2, 0) is 13.1 Å². The third-order valence-electron chi connectivity index (χ3n) is 2.83. The summed E-state index contributed by atoms with van der Waals surface area (Å²) in [5.74, 6) is -0.571. The molecule has 0 aliphatic rings. The average molecular weight is 492 g/mol. The Hall–Kier alpha value is -0.651. The predicted molar refractivity (Wildman–Crippen MR) is 101 cm³/mol. The van der Waals surface area contributed by atoms with Gasteiger partial charge in [0.05, 0.1) is 10.7 Å². The third kappa shape index (κ3) is 7.24. The molecule has 0 aromatic heterocycles. The summed E-state index contributed by atoms with van der Waals surface area (Å²) in [5.41, 5.74) is 3.45. The van der Waals surface area contributed by atoms with Crippen molar-refractivity contribution in [2.75, 3.05) is 0 Å². The number of carbonyl (C=O) groups excluding carboxylic acids is 1. The predicted octanol–water partition coefficient (Wildman–Crippen LogP) is 5.88. The number of nitrogens with zero attached hydrogens (tertiary/aromatic N) is 1. The molecule has 25 heavy (non-hydrogen) atoms. The monoisotopic (exact) mass is 489 g/mol. The standard InChI is InChI=1S/C15H11Cl3N2O2.2ClH.Cu/c1-8(12-6-11(17)7-13(18)14(12)21)19-20-15(22)9-3-2-4-10(16)5-9;;;/h2-7,21H,1H3,(H,20,22);2*1H;/q;;;+2/p-2/b19-8+;;;. The van der Waals surface area contributed by atoms with Gasteiger partial charge in [-0.15, -0.1) is 0 Å². The number of benzene rings is 2. The van der Waals surface area contributed by atoms with Gasteiger partial charge in [-0.3, -0.25) is 4.79 Å². The minimum atomic E-state index is -0.422. The number of amides is 1. The molecule has 0 atom stereocenters. The summed E-state index contributed by atoms with van der Waals surface area (Å²) in [4.78, 5) is 12.0. The number of hydrogen-bond acceptors (Lipinski definition) is 3. The van der Waals surface area contributed by atoms with Gasteiger partial charge in [-0.25, -0.2) is 5.43 Å². The zero-order valence-electron chi connectivity index (χ0n) is 12.5. The molecule has 4 nitrogen and oxygen atoms in total. The number of rotatable bonds is 3. The van der Waals surface area contributed by atoms with Gasteiger partial charge in [0, 0.05) is 21.2 Å². The quantitative estimate of drug-likeness (QED) is 0.320. The Balaban J connectivity index is 0.000000970. The molecule has 0 heterocycles. The summed E-state index contributed by atoms with van der Waals surface area (Å²) in [6, 6.07) is 9.39. The maximum absolute atomic E-state index is 12.0. The molecule has 2 aromatic rings. The zero-order valence-corrected chi connectivity index (χ0v) is 17.2. The number of nitrogens with one attached hydrogen (secondary N) is 1. The molecule has 0 unspecified atom stereocenters. The molecular weight excluding hydrogens is 481 g/mol. The van der Waals surface area contributed by atoms with E-state index >= 15 is 0 Å². The summed E-state index contributed by atoms with van der Waals surface area (Å²) < 4.78 is 0. The summed E-state index contributed by atoms with van der Waals surface area (Å²) in [5, 5.41) is 14.8. The molecule has 0 bridgehead atoms. The van der Waals surface area contributed by atoms with E-state index in [0.29, 0.717) is 26.9 Å². The van der Waals surface area contributed by atoms with E-state index in [-0.39, 0.29) is 10.8 Å². The molecule has 0 saturated carbocycles. The Labute approximate surface area is 174 Å². The number of halogens is 5. The molecule has 0 aliphatic heterocycles. The number of carbonyl (C=O) groups is 1. The second-order valence-corrected chi connectivity index (χ2v) is 7.31. The SMILES string of the molecule is C/C(=N\NC(=O)c1cccc(Cl)c1)c1cc(Cl)cc(Cl)c1O.[Cl][Cu][Cl]. The average Bonchev–Trinajstić information content (AvgIpc) is 2.56. The van der Waals surface area contributed by atoms with Gasteiger partial charge in [-0.05, 0) is 37.3 Å². The number of phenols is 1. The first-order chi connectivity index (χ1) is 11.8. The van der Waals surface area contributed by atoms with Crippen LogP contribution in [0.3, 0.4) is 0 Å². The van der Waals surface area contributed by atoms with Crippen LogP contribution in [-0.4, -0.2) is 16.7 Å². The molecule has 2 aromatic carbocycles. The molecule has 10 heteroatoms. The van der Waals surface area contributed by atoms with Gasteiger partial charge in [0.15, 0.2) is 0 Å². The molecular formula is C15H11Cl5CuN2O2. The molecule has 2 rings (SSSR count). The van der Waals surface area contributed by atoms with Gasteiger partial charge >= 0.3 is 33.3 Å². The van der Waals surface area contributed by atoms with Crippen LogP contribution in [0.25, 0.3) is 0 Å². The Morgan fingerprint density at radius 1 is 1.12 bits per heavy atom. The molecule has 0 saturated heterocycles. The van der Waals surface area contributed by atoms with E-state index in [4.69, 9.17) is 34.8 Å². The Morgan fingerprint density at radius 3 is 2.36 bits per heavy atom. The van der Waals surface area contributed by atoms with E-state index < -0.39 is 5.91 Å². The molecule has 0 aliphatic carbocycles. The van der Waals surface area contributed by atoms with Crippen LogP contribution in [0.15, 0.2) is 41.5 Å². The number of aromatic hydroxyl groups is 1. The van der Waals surface area contributed by atoms with Crippen molar-refractivity contribution in [3.05, 3.63) is 62.6 Å². The van der Waals surface area contributed by atoms with E-state index in [2.05, 4.69) is 30.7 Å². The first kappa shape index (κ1) is 22.4. The van der Waals surface area contributed by atoms with Crippen LogP contribution >= 0.6 is 55.0 Å². The van der Waals surface area contributed by atoms with Gasteiger partial charge < -0.3 is 5.11 Å². The van der Waals surface area contributed by atoms with Crippen molar-refractivity contribution in [3.63, 3.8) is 0 Å². The van der Waals surface area contributed by atoms with Gasteiger partial charge in [0.1, 0.15) is 5.75 Å². The summed E-state index contributed by atoms with van der Waals surface area (Å²) in [6.07, 6.45) is 0. The molecule has 1 amide bonds. The first-order valence-electron chi connectivity index (χ1n) is 6.40. The van der Waals surface area contributed by atoms with Crippen molar-refractivity contribution in [1.82, 2.24) is 5.43 Å². The number of phenolic OH excluding ortho intramolecular Hbond substituents is 1. The van der Waals surface area contributed by atoms with Crippen molar-refractivity contribution in [2.45, 2.75) is 6.92 Å². The van der Waals surface area contributed by atoms with Crippen molar-refractivity contribution >= 4 is 66.6 Å². The normalized spacial score (nSPS) is 10.9. The Kier molecular flexibility index (Phi) is 9.98. The fourth-order valence-electron chi connectivity index (χ4n) is 1.73. The van der Waals surface area contributed by atoms with Gasteiger partial charge in [0.2, 0.25) is 0 Å². The molecule has 0 fully saturated rings. The van der Waals surface area contributed by atoms with E-state index in [1.165, 1.54) is 18.2 Å². The Bertz CT molecular complexity index is 787. The summed E-state index contributed by atoms with van der Waals surface area (Å²) in [7, 11) is 9.34. The minimum absolute atomic E-state index is 0.109. The first-order valence-corrected chi connectivity index (χ1v) is 10.1. The fraction of sp³-hybridized carbons (Fsp3) is 0.0667. The van der Waals surface area contributed by atoms with E-state index in [9.17, 15) is 9.90 Å². The number of hydrogen-bond donors (Lipinski definition) is 2. The van der Waals surface area contributed by atoms with Crippen molar-refractivity contribution in [1.29, 1.82) is 0 Å². The Morgan fingerprint density at radius 2 is 1.76 bits per heavy atom. The zero-order chi connectivity index (χ0) is 19.0. The topological polar surface area (TPSA) is 61.7 Å². The van der Waals surface area contributed by atoms with Crippen LogP contribution in [0.2, 0.25) is 15.1 Å². The second kappa shape index (κ2) is 11.1. The van der Waals surface area contributed by atoms with Crippen molar-refractivity contribution in [3.8, 4) is 5.75 Å². The molecule has 139 valence electrons. The van der Waals surface area contributed by atoms with Crippen LogP contribution in [0.1, 0.15) is 22.8 Å². The van der Waals surface area contributed by atoms with Crippen LogP contribution in [0, 0.1) is 0 Å². The van der Waals surface area contributed by atoms with Gasteiger partial charge in [-0.2, -0.15) is 5.10 Å². The van der Waals surface area contributed by atoms with Crippen LogP contribution in [0.5, 0.6) is 5.75 Å². The number of hydrazone groups is 1. The van der Waals surface area contributed by atoms with E-state index in [0.717, 1.165) is 13.1 Å². The molecule has 0 radical (unpaired) electrons. The van der Waals surface area contributed by atoms with Crippen molar-refractivity contribution < 1.29 is 23.0 Å². The summed E-state index contributed by atoms with van der Waals surface area (Å²) in [6.45, 7) is 1.61. The van der Waals surface area contributed by atoms with Gasteiger partial charge in [0.25, 0.3) is 5.91 Å². The van der Waals surface area contributed by atoms with Crippen LogP contribution < -0.4 is 5.43 Å². The van der Waals surface area contributed by atoms with E-state index in [1.54, 1.807) is 25.1 Å². The van der Waals surface area contributed by atoms with Crippen LogP contribution in [0.4, 0.5) is 0 Å². The van der Waals surface area contributed by atoms with Crippen molar-refractivity contribution in [2.24, 2.45) is 5.10 Å². The fourth-order valence-corrected chi connectivity index (χ4v) is 2.41. The maximum atomic E-state index is 12.0. The molecule has 0 spiro atoms. The second-order valence-electron chi connectivity index (χ2n) is 4.48. The summed E-state index contributed by atoms with van der Waals surface area (Å²) >= 11 is 18.3. The van der Waals surface area contributed by atoms with Gasteiger partial charge in [-0.1, -0.05) is 40.9 Å². The van der Waals surface area contributed by atoms with E-state index in [1.807, 2.05) is 0 Å². The molecule has 2 N–H and O–H groups in total.